The highest BCUT2D eigenvalue weighted by Crippen LogP contribution is 2.20. The van der Waals surface area contributed by atoms with Gasteiger partial charge in [0.2, 0.25) is 0 Å². The van der Waals surface area contributed by atoms with Crippen molar-refractivity contribution in [1.29, 1.82) is 0 Å². The Morgan fingerprint density at radius 1 is 1.27 bits per heavy atom. The number of carbonyl (C=O) groups is 1. The van der Waals surface area contributed by atoms with E-state index in [0.717, 1.165) is 11.4 Å². The van der Waals surface area contributed by atoms with E-state index in [1.807, 2.05) is 51.2 Å². The molecule has 0 amide bonds. The van der Waals surface area contributed by atoms with E-state index in [1.54, 1.807) is 11.6 Å². The summed E-state index contributed by atoms with van der Waals surface area (Å²) in [5, 5.41) is 11.5. The molecule has 0 aliphatic rings. The molecule has 8 heteroatoms. The van der Waals surface area contributed by atoms with Gasteiger partial charge in [0.1, 0.15) is 0 Å². The summed E-state index contributed by atoms with van der Waals surface area (Å²) in [6, 6.07) is 9.88. The standard InChI is InChI=1S/C18H21N5O2.ClH/c1-11(19-4)10-15-20-18(25-22-15)17(24)16-12(2)21-23(13(16)3)14-8-6-5-7-9-14;/h5-9,11,19H,10H2,1-4H3;1H. The minimum absolute atomic E-state index is 0. The predicted molar refractivity (Wildman–Crippen MR) is 100 cm³/mol. The van der Waals surface area contributed by atoms with Crippen LogP contribution in [0.15, 0.2) is 34.9 Å². The van der Waals surface area contributed by atoms with Gasteiger partial charge < -0.3 is 9.84 Å². The first-order valence-electron chi connectivity index (χ1n) is 8.17. The minimum Gasteiger partial charge on any atom is -0.330 e. The van der Waals surface area contributed by atoms with Crippen LogP contribution in [0, 0.1) is 13.8 Å². The van der Waals surface area contributed by atoms with E-state index < -0.39 is 0 Å². The summed E-state index contributed by atoms with van der Waals surface area (Å²) in [5.41, 5.74) is 2.78. The van der Waals surface area contributed by atoms with Crippen molar-refractivity contribution >= 4 is 18.2 Å². The minimum atomic E-state index is -0.298. The molecule has 3 rings (SSSR count). The molecule has 2 heterocycles. The van der Waals surface area contributed by atoms with E-state index in [2.05, 4.69) is 20.6 Å². The van der Waals surface area contributed by atoms with Gasteiger partial charge in [-0.25, -0.2) is 4.68 Å². The van der Waals surface area contributed by atoms with Crippen LogP contribution >= 0.6 is 12.4 Å². The van der Waals surface area contributed by atoms with Crippen molar-refractivity contribution in [2.45, 2.75) is 33.2 Å². The number of nitrogens with one attached hydrogen (secondary N) is 1. The molecule has 2 aromatic heterocycles. The molecule has 0 fully saturated rings. The van der Waals surface area contributed by atoms with Gasteiger partial charge >= 0.3 is 0 Å². The van der Waals surface area contributed by atoms with Crippen LogP contribution in [0.25, 0.3) is 5.69 Å². The van der Waals surface area contributed by atoms with Crippen molar-refractivity contribution < 1.29 is 9.32 Å². The number of carbonyl (C=O) groups excluding carboxylic acids is 1. The molecule has 1 N–H and O–H groups in total. The Morgan fingerprint density at radius 2 is 1.96 bits per heavy atom. The summed E-state index contributed by atoms with van der Waals surface area (Å²) < 4.78 is 6.93. The smallest absolute Gasteiger partial charge is 0.299 e. The first kappa shape index (κ1) is 19.8. The van der Waals surface area contributed by atoms with E-state index in [-0.39, 0.29) is 30.1 Å². The number of aryl methyl sites for hydroxylation is 1. The number of rotatable bonds is 6. The van der Waals surface area contributed by atoms with Crippen LogP contribution in [0.2, 0.25) is 0 Å². The van der Waals surface area contributed by atoms with Crippen LogP contribution in [0.1, 0.15) is 40.4 Å². The van der Waals surface area contributed by atoms with Crippen molar-refractivity contribution in [3.63, 3.8) is 0 Å². The topological polar surface area (TPSA) is 85.8 Å². The summed E-state index contributed by atoms with van der Waals surface area (Å²) in [7, 11) is 1.86. The van der Waals surface area contributed by atoms with Gasteiger partial charge in [-0.3, -0.25) is 4.79 Å². The van der Waals surface area contributed by atoms with Crippen molar-refractivity contribution in [3.8, 4) is 5.69 Å². The highest BCUT2D eigenvalue weighted by atomic mass is 35.5. The van der Waals surface area contributed by atoms with Gasteiger partial charge in [-0.1, -0.05) is 23.4 Å². The highest BCUT2D eigenvalue weighted by Gasteiger charge is 2.25. The largest absolute Gasteiger partial charge is 0.330 e. The third-order valence-electron chi connectivity index (χ3n) is 4.16. The summed E-state index contributed by atoms with van der Waals surface area (Å²) in [6.45, 7) is 5.68. The first-order valence-corrected chi connectivity index (χ1v) is 8.17. The number of para-hydroxylation sites is 1. The first-order chi connectivity index (χ1) is 12.0. The van der Waals surface area contributed by atoms with Gasteiger partial charge in [0.05, 0.1) is 22.6 Å². The number of hydrogen-bond acceptors (Lipinski definition) is 6. The average Bonchev–Trinajstić information content (AvgIpc) is 3.19. The number of hydrogen-bond donors (Lipinski definition) is 1. The second-order valence-electron chi connectivity index (χ2n) is 6.03. The summed E-state index contributed by atoms with van der Waals surface area (Å²) in [6.07, 6.45) is 0.592. The Morgan fingerprint density at radius 3 is 2.62 bits per heavy atom. The predicted octanol–water partition coefficient (Wildman–Crippen LogP) is 2.68. The fourth-order valence-electron chi connectivity index (χ4n) is 2.70. The van der Waals surface area contributed by atoms with Gasteiger partial charge in [0, 0.05) is 12.5 Å². The van der Waals surface area contributed by atoms with Crippen LogP contribution in [0.5, 0.6) is 0 Å². The van der Waals surface area contributed by atoms with Crippen LogP contribution < -0.4 is 5.32 Å². The second kappa shape index (κ2) is 8.25. The quantitative estimate of drug-likeness (QED) is 0.666. The fraction of sp³-hybridized carbons (Fsp3) is 0.333. The normalized spacial score (nSPS) is 11.8. The van der Waals surface area contributed by atoms with Crippen LogP contribution in [0.3, 0.4) is 0 Å². The molecule has 0 aliphatic carbocycles. The summed E-state index contributed by atoms with van der Waals surface area (Å²) in [4.78, 5) is 17.1. The third kappa shape index (κ3) is 3.84. The van der Waals surface area contributed by atoms with E-state index in [1.165, 1.54) is 0 Å². The number of benzene rings is 1. The zero-order valence-corrected chi connectivity index (χ0v) is 16.0. The maximum atomic E-state index is 12.8. The van der Waals surface area contributed by atoms with E-state index in [0.29, 0.717) is 23.5 Å². The Balaban J connectivity index is 0.00000243. The molecule has 26 heavy (non-hydrogen) atoms. The lowest BCUT2D eigenvalue weighted by molar-refractivity contribution is 0.0993. The number of halogens is 1. The number of aromatic nitrogens is 4. The molecule has 0 spiro atoms. The van der Waals surface area contributed by atoms with E-state index >= 15 is 0 Å². The monoisotopic (exact) mass is 375 g/mol. The number of ketones is 1. The molecule has 0 saturated heterocycles. The molecule has 0 aliphatic heterocycles. The molecule has 1 atom stereocenters. The molecule has 0 radical (unpaired) electrons. The highest BCUT2D eigenvalue weighted by molar-refractivity contribution is 6.07. The van der Waals surface area contributed by atoms with Crippen molar-refractivity contribution in [3.05, 3.63) is 59.0 Å². The maximum Gasteiger partial charge on any atom is 0.299 e. The summed E-state index contributed by atoms with van der Waals surface area (Å²) in [5.74, 6) is 0.209. The van der Waals surface area contributed by atoms with Gasteiger partial charge in [-0.2, -0.15) is 10.1 Å². The molecule has 0 saturated carbocycles. The zero-order valence-electron chi connectivity index (χ0n) is 15.2. The number of nitrogens with zero attached hydrogens (tertiary/aromatic N) is 4. The van der Waals surface area contributed by atoms with Gasteiger partial charge in [-0.05, 0) is 40.0 Å². The van der Waals surface area contributed by atoms with Crippen molar-refractivity contribution in [1.82, 2.24) is 25.2 Å². The Labute approximate surface area is 158 Å². The molecular weight excluding hydrogens is 354 g/mol. The van der Waals surface area contributed by atoms with Crippen LogP contribution in [-0.2, 0) is 6.42 Å². The average molecular weight is 376 g/mol. The molecule has 0 bridgehead atoms. The van der Waals surface area contributed by atoms with Crippen LogP contribution in [-0.4, -0.2) is 38.8 Å². The van der Waals surface area contributed by atoms with Gasteiger partial charge in [0.25, 0.3) is 11.7 Å². The molecule has 1 unspecified atom stereocenters. The molecule has 138 valence electrons. The second-order valence-corrected chi connectivity index (χ2v) is 6.03. The SMILES string of the molecule is CNC(C)Cc1noc(C(=O)c2c(C)nn(-c3ccccc3)c2C)n1.Cl. The Bertz CT molecular complexity index is 888. The molecule has 7 nitrogen and oxygen atoms in total. The molecular formula is C18H22ClN5O2. The lowest BCUT2D eigenvalue weighted by atomic mass is 10.1. The fourth-order valence-corrected chi connectivity index (χ4v) is 2.70. The maximum absolute atomic E-state index is 12.8. The Kier molecular flexibility index (Phi) is 6.28. The lowest BCUT2D eigenvalue weighted by Crippen LogP contribution is -2.24. The Hall–Kier alpha value is -2.51. The summed E-state index contributed by atoms with van der Waals surface area (Å²) >= 11 is 0. The van der Waals surface area contributed by atoms with Crippen molar-refractivity contribution in [2.75, 3.05) is 7.05 Å². The van der Waals surface area contributed by atoms with Gasteiger partial charge in [0.15, 0.2) is 5.82 Å². The lowest BCUT2D eigenvalue weighted by Gasteiger charge is -2.04. The zero-order chi connectivity index (χ0) is 18.0. The number of likely N-dealkylation sites (N-methyl/N-ethyl adjacent to an activating group) is 1. The third-order valence-corrected chi connectivity index (χ3v) is 4.16. The van der Waals surface area contributed by atoms with Crippen LogP contribution in [0.4, 0.5) is 0 Å². The van der Waals surface area contributed by atoms with E-state index in [4.69, 9.17) is 4.52 Å². The van der Waals surface area contributed by atoms with E-state index in [9.17, 15) is 4.79 Å². The van der Waals surface area contributed by atoms with Crippen molar-refractivity contribution in [2.24, 2.45) is 0 Å². The molecule has 1 aromatic carbocycles. The van der Waals surface area contributed by atoms with Gasteiger partial charge in [-0.15, -0.1) is 12.4 Å². The molecule has 3 aromatic rings.